The molecule has 0 aliphatic rings. The number of nitrogens with one attached hydrogen (secondary N) is 1. The van der Waals surface area contributed by atoms with E-state index in [1.54, 1.807) is 24.9 Å². The van der Waals surface area contributed by atoms with Crippen LogP contribution in [0.4, 0.5) is 4.79 Å². The Morgan fingerprint density at radius 1 is 1.56 bits per heavy atom. The third-order valence-corrected chi connectivity index (χ3v) is 3.10. The molecular formula is C12H22N2O3S. The highest BCUT2D eigenvalue weighted by Gasteiger charge is 2.20. The van der Waals surface area contributed by atoms with E-state index in [1.807, 2.05) is 6.26 Å². The average molecular weight is 274 g/mol. The number of unbranched alkanes of at least 4 members (excludes halogenated alkanes) is 1. The molecule has 0 aromatic carbocycles. The van der Waals surface area contributed by atoms with Crippen LogP contribution in [0.1, 0.15) is 19.3 Å². The summed E-state index contributed by atoms with van der Waals surface area (Å²) in [6.07, 6.45) is 5.80. The molecule has 0 fully saturated rings. The lowest BCUT2D eigenvalue weighted by Gasteiger charge is -2.21. The van der Waals surface area contributed by atoms with Crippen molar-refractivity contribution < 1.29 is 14.7 Å². The number of aliphatic carboxylic acids is 1. The second-order valence-corrected chi connectivity index (χ2v) is 4.96. The van der Waals surface area contributed by atoms with Gasteiger partial charge in [0.15, 0.2) is 0 Å². The molecule has 0 aromatic rings. The molecule has 2 N–H and O–H groups in total. The van der Waals surface area contributed by atoms with E-state index in [4.69, 9.17) is 5.11 Å². The SMILES string of the molecule is C=CCCCN(C)C(=O)NC(CCSC)C(=O)O. The molecule has 1 unspecified atom stereocenters. The Labute approximate surface area is 113 Å². The Morgan fingerprint density at radius 3 is 2.72 bits per heavy atom. The smallest absolute Gasteiger partial charge is 0.326 e. The lowest BCUT2D eigenvalue weighted by atomic mass is 10.2. The van der Waals surface area contributed by atoms with Crippen molar-refractivity contribution in [3.63, 3.8) is 0 Å². The number of carboxylic acid groups (broad SMARTS) is 1. The summed E-state index contributed by atoms with van der Waals surface area (Å²) in [5.74, 6) is -0.283. The second-order valence-electron chi connectivity index (χ2n) is 3.97. The first-order chi connectivity index (χ1) is 8.52. The number of allylic oxidation sites excluding steroid dienone is 1. The van der Waals surface area contributed by atoms with E-state index in [1.165, 1.54) is 4.90 Å². The van der Waals surface area contributed by atoms with E-state index in [-0.39, 0.29) is 6.03 Å². The van der Waals surface area contributed by atoms with Crippen LogP contribution in [0.15, 0.2) is 12.7 Å². The predicted molar refractivity (Wildman–Crippen MR) is 75.0 cm³/mol. The second kappa shape index (κ2) is 9.82. The largest absolute Gasteiger partial charge is 0.480 e. The van der Waals surface area contributed by atoms with Crippen molar-refractivity contribution in [3.8, 4) is 0 Å². The van der Waals surface area contributed by atoms with Gasteiger partial charge in [-0.1, -0.05) is 6.08 Å². The van der Waals surface area contributed by atoms with Gasteiger partial charge in [-0.3, -0.25) is 0 Å². The third kappa shape index (κ3) is 7.21. The fourth-order valence-corrected chi connectivity index (χ4v) is 1.80. The summed E-state index contributed by atoms with van der Waals surface area (Å²) in [7, 11) is 1.66. The van der Waals surface area contributed by atoms with Crippen molar-refractivity contribution in [1.29, 1.82) is 0 Å². The first-order valence-electron chi connectivity index (χ1n) is 5.87. The van der Waals surface area contributed by atoms with Crippen LogP contribution in [-0.4, -0.2) is 53.6 Å². The number of hydrogen-bond acceptors (Lipinski definition) is 3. The maximum atomic E-state index is 11.7. The molecule has 6 heteroatoms. The fourth-order valence-electron chi connectivity index (χ4n) is 1.33. The number of hydrogen-bond donors (Lipinski definition) is 2. The number of carbonyl (C=O) groups excluding carboxylic acids is 1. The molecule has 0 rings (SSSR count). The summed E-state index contributed by atoms with van der Waals surface area (Å²) in [6, 6.07) is -1.15. The van der Waals surface area contributed by atoms with Gasteiger partial charge in [0.25, 0.3) is 0 Å². The van der Waals surface area contributed by atoms with Gasteiger partial charge in [-0.15, -0.1) is 6.58 Å². The van der Waals surface area contributed by atoms with Gasteiger partial charge in [-0.2, -0.15) is 11.8 Å². The molecule has 2 amide bonds. The summed E-state index contributed by atoms with van der Waals surface area (Å²) in [5, 5.41) is 11.5. The zero-order valence-electron chi connectivity index (χ0n) is 11.0. The third-order valence-electron chi connectivity index (χ3n) is 2.45. The van der Waals surface area contributed by atoms with Crippen molar-refractivity contribution in [3.05, 3.63) is 12.7 Å². The Hall–Kier alpha value is -1.17. The number of nitrogens with zero attached hydrogens (tertiary/aromatic N) is 1. The molecule has 0 aliphatic heterocycles. The Bertz CT molecular complexity index is 284. The molecule has 0 bridgehead atoms. The highest BCUT2D eigenvalue weighted by Crippen LogP contribution is 2.02. The number of rotatable bonds is 9. The average Bonchev–Trinajstić information content (AvgIpc) is 2.33. The number of urea groups is 1. The maximum absolute atomic E-state index is 11.7. The minimum atomic E-state index is -0.989. The Morgan fingerprint density at radius 2 is 2.22 bits per heavy atom. The first kappa shape index (κ1) is 16.8. The Balaban J connectivity index is 4.14. The Kier molecular flexibility index (Phi) is 9.18. The normalized spacial score (nSPS) is 11.7. The summed E-state index contributed by atoms with van der Waals surface area (Å²) in [6.45, 7) is 4.20. The molecule has 0 aliphatic carbocycles. The van der Waals surface area contributed by atoms with E-state index in [0.29, 0.717) is 18.7 Å². The van der Waals surface area contributed by atoms with Crippen LogP contribution in [0.5, 0.6) is 0 Å². The van der Waals surface area contributed by atoms with Crippen molar-refractivity contribution in [2.45, 2.75) is 25.3 Å². The minimum Gasteiger partial charge on any atom is -0.480 e. The van der Waals surface area contributed by atoms with Gasteiger partial charge in [0.1, 0.15) is 6.04 Å². The van der Waals surface area contributed by atoms with Crippen LogP contribution in [0, 0.1) is 0 Å². The van der Waals surface area contributed by atoms with Gasteiger partial charge in [-0.25, -0.2) is 9.59 Å². The molecule has 0 heterocycles. The molecule has 18 heavy (non-hydrogen) atoms. The monoisotopic (exact) mass is 274 g/mol. The molecule has 1 atom stereocenters. The number of carboxylic acids is 1. The van der Waals surface area contributed by atoms with Crippen molar-refractivity contribution >= 4 is 23.8 Å². The highest BCUT2D eigenvalue weighted by atomic mass is 32.2. The quantitative estimate of drug-likeness (QED) is 0.497. The summed E-state index contributed by atoms with van der Waals surface area (Å²) in [4.78, 5) is 24.2. The van der Waals surface area contributed by atoms with E-state index in [0.717, 1.165) is 12.8 Å². The van der Waals surface area contributed by atoms with E-state index in [2.05, 4.69) is 11.9 Å². The van der Waals surface area contributed by atoms with E-state index >= 15 is 0 Å². The molecular weight excluding hydrogens is 252 g/mol. The summed E-state index contributed by atoms with van der Waals surface area (Å²) >= 11 is 1.56. The molecule has 104 valence electrons. The lowest BCUT2D eigenvalue weighted by molar-refractivity contribution is -0.139. The van der Waals surface area contributed by atoms with Crippen LogP contribution in [0.25, 0.3) is 0 Å². The van der Waals surface area contributed by atoms with E-state index < -0.39 is 12.0 Å². The van der Waals surface area contributed by atoms with Crippen LogP contribution in [0.2, 0.25) is 0 Å². The van der Waals surface area contributed by atoms with Gasteiger partial charge in [0.2, 0.25) is 0 Å². The van der Waals surface area contributed by atoms with Crippen molar-refractivity contribution in [1.82, 2.24) is 10.2 Å². The van der Waals surface area contributed by atoms with Crippen LogP contribution in [-0.2, 0) is 4.79 Å². The van der Waals surface area contributed by atoms with Gasteiger partial charge in [0.05, 0.1) is 0 Å². The number of carbonyl (C=O) groups is 2. The predicted octanol–water partition coefficient (Wildman–Crippen LogP) is 1.80. The summed E-state index contributed by atoms with van der Waals surface area (Å²) in [5.41, 5.74) is 0. The topological polar surface area (TPSA) is 69.6 Å². The molecule has 5 nitrogen and oxygen atoms in total. The maximum Gasteiger partial charge on any atom is 0.326 e. The lowest BCUT2D eigenvalue weighted by Crippen LogP contribution is -2.47. The first-order valence-corrected chi connectivity index (χ1v) is 7.26. The van der Waals surface area contributed by atoms with Gasteiger partial charge < -0.3 is 15.3 Å². The van der Waals surface area contributed by atoms with Crippen LogP contribution < -0.4 is 5.32 Å². The molecule has 0 radical (unpaired) electrons. The van der Waals surface area contributed by atoms with Crippen molar-refractivity contribution in [2.24, 2.45) is 0 Å². The number of thioether (sulfide) groups is 1. The molecule has 0 aromatic heterocycles. The number of amides is 2. The standard InChI is InChI=1S/C12H22N2O3S/c1-4-5-6-8-14(2)12(17)13-10(11(15)16)7-9-18-3/h4,10H,1,5-9H2,2-3H3,(H,13,17)(H,15,16). The fraction of sp³-hybridized carbons (Fsp3) is 0.667. The molecule has 0 spiro atoms. The van der Waals surface area contributed by atoms with Crippen molar-refractivity contribution in [2.75, 3.05) is 25.6 Å². The molecule has 0 saturated heterocycles. The van der Waals surface area contributed by atoms with Gasteiger partial charge >= 0.3 is 12.0 Å². The zero-order chi connectivity index (χ0) is 14.0. The molecule has 0 saturated carbocycles. The van der Waals surface area contributed by atoms with Gasteiger partial charge in [0, 0.05) is 13.6 Å². The highest BCUT2D eigenvalue weighted by molar-refractivity contribution is 7.98. The minimum absolute atomic E-state index is 0.340. The van der Waals surface area contributed by atoms with Gasteiger partial charge in [-0.05, 0) is 31.3 Å². The van der Waals surface area contributed by atoms with Crippen LogP contribution in [0.3, 0.4) is 0 Å². The van der Waals surface area contributed by atoms with Crippen LogP contribution >= 0.6 is 11.8 Å². The zero-order valence-corrected chi connectivity index (χ0v) is 11.8. The summed E-state index contributed by atoms with van der Waals surface area (Å²) < 4.78 is 0. The van der Waals surface area contributed by atoms with E-state index in [9.17, 15) is 9.59 Å².